The zero-order valence-corrected chi connectivity index (χ0v) is 21.1. The first-order valence-electron chi connectivity index (χ1n) is 10.4. The first-order valence-corrected chi connectivity index (χ1v) is 10.8. The molecule has 6 nitrogen and oxygen atoms in total. The first kappa shape index (κ1) is 26.3. The molecule has 1 saturated heterocycles. The van der Waals surface area contributed by atoms with Crippen LogP contribution in [0.1, 0.15) is 26.7 Å². The van der Waals surface area contributed by atoms with Crippen LogP contribution in [0, 0.1) is 0 Å². The third kappa shape index (κ3) is 11.3. The monoisotopic (exact) mass is 537 g/mol. The Hall–Kier alpha value is -0.770. The molecule has 29 heavy (non-hydrogen) atoms. The van der Waals surface area contributed by atoms with Crippen LogP contribution in [0.5, 0.6) is 5.75 Å². The lowest BCUT2D eigenvalue weighted by molar-refractivity contribution is 0.152. The zero-order valence-electron chi connectivity index (χ0n) is 18.0. The Labute approximate surface area is 198 Å². The third-order valence-electron chi connectivity index (χ3n) is 4.79. The van der Waals surface area contributed by atoms with Crippen LogP contribution in [-0.4, -0.2) is 81.3 Å². The summed E-state index contributed by atoms with van der Waals surface area (Å²) in [7, 11) is 2.20. The number of hydrogen-bond acceptors (Lipinski definition) is 4. The number of nitrogens with zero attached hydrogens (tertiary/aromatic N) is 3. The quantitative estimate of drug-likeness (QED) is 0.208. The fourth-order valence-electron chi connectivity index (χ4n) is 3.08. The predicted octanol–water partition coefficient (Wildman–Crippen LogP) is 3.31. The van der Waals surface area contributed by atoms with E-state index in [9.17, 15) is 0 Å². The van der Waals surface area contributed by atoms with Gasteiger partial charge in [0.2, 0.25) is 0 Å². The minimum absolute atomic E-state index is 0. The number of nitrogens with one attached hydrogen (secondary N) is 2. The van der Waals surface area contributed by atoms with Gasteiger partial charge in [-0.2, -0.15) is 0 Å². The molecule has 8 heteroatoms. The molecule has 1 unspecified atom stereocenters. The lowest BCUT2D eigenvalue weighted by Gasteiger charge is -2.32. The highest BCUT2D eigenvalue weighted by molar-refractivity contribution is 14.0. The largest absolute Gasteiger partial charge is 0.489 e. The summed E-state index contributed by atoms with van der Waals surface area (Å²) in [5, 5.41) is 7.45. The summed E-state index contributed by atoms with van der Waals surface area (Å²) in [5.74, 6) is 1.67. The van der Waals surface area contributed by atoms with Gasteiger partial charge >= 0.3 is 0 Å². The third-order valence-corrected chi connectivity index (χ3v) is 5.04. The van der Waals surface area contributed by atoms with Crippen LogP contribution < -0.4 is 15.4 Å². The van der Waals surface area contributed by atoms with E-state index in [-0.39, 0.29) is 30.1 Å². The van der Waals surface area contributed by atoms with E-state index in [1.54, 1.807) is 0 Å². The normalized spacial score (nSPS) is 16.8. The topological polar surface area (TPSA) is 52.1 Å². The Morgan fingerprint density at radius 2 is 1.83 bits per heavy atom. The fourth-order valence-corrected chi connectivity index (χ4v) is 3.21. The Morgan fingerprint density at radius 1 is 1.14 bits per heavy atom. The number of piperazine rings is 1. The van der Waals surface area contributed by atoms with Gasteiger partial charge in [-0.15, -0.1) is 24.0 Å². The van der Waals surface area contributed by atoms with Crippen molar-refractivity contribution in [2.24, 2.45) is 4.99 Å². The molecule has 1 heterocycles. The highest BCUT2D eigenvalue weighted by Crippen LogP contribution is 2.16. The summed E-state index contributed by atoms with van der Waals surface area (Å²) in [4.78, 5) is 9.61. The summed E-state index contributed by atoms with van der Waals surface area (Å²) < 4.78 is 5.89. The number of likely N-dealkylation sites (N-methyl/N-ethyl adjacent to an activating group) is 1. The predicted molar refractivity (Wildman–Crippen MR) is 134 cm³/mol. The van der Waals surface area contributed by atoms with Gasteiger partial charge in [0, 0.05) is 44.3 Å². The number of aliphatic imine (C=N–C) groups is 1. The van der Waals surface area contributed by atoms with Crippen LogP contribution in [0.2, 0.25) is 5.02 Å². The van der Waals surface area contributed by atoms with Crippen molar-refractivity contribution >= 4 is 41.5 Å². The molecule has 0 spiro atoms. The molecule has 0 aromatic heterocycles. The standard InChI is InChI=1S/C21H36ClN5O.HI/c1-4-23-21(24-11-5-6-12-27-15-13-26(3)14-16-27)25-17-18(2)28-20-9-7-19(22)8-10-20;/h7-10,18H,4-6,11-17H2,1-3H3,(H2,23,24,25);1H. The number of guanidine groups is 1. The molecule has 2 rings (SSSR count). The van der Waals surface area contributed by atoms with E-state index in [1.807, 2.05) is 31.2 Å². The van der Waals surface area contributed by atoms with Crippen LogP contribution in [0.4, 0.5) is 0 Å². The van der Waals surface area contributed by atoms with E-state index in [0.29, 0.717) is 11.6 Å². The van der Waals surface area contributed by atoms with E-state index in [0.717, 1.165) is 31.2 Å². The van der Waals surface area contributed by atoms with Crippen molar-refractivity contribution in [1.29, 1.82) is 0 Å². The molecule has 2 N–H and O–H groups in total. The number of hydrogen-bond donors (Lipinski definition) is 2. The molecule has 1 aliphatic heterocycles. The second kappa shape index (κ2) is 15.1. The lowest BCUT2D eigenvalue weighted by atomic mass is 10.2. The summed E-state index contributed by atoms with van der Waals surface area (Å²) >= 11 is 5.91. The maximum atomic E-state index is 5.91. The molecule has 0 radical (unpaired) electrons. The van der Waals surface area contributed by atoms with Gasteiger partial charge in [-0.1, -0.05) is 11.6 Å². The fraction of sp³-hybridized carbons (Fsp3) is 0.667. The lowest BCUT2D eigenvalue weighted by Crippen LogP contribution is -2.44. The van der Waals surface area contributed by atoms with Crippen LogP contribution in [0.3, 0.4) is 0 Å². The summed E-state index contributed by atoms with van der Waals surface area (Å²) in [6, 6.07) is 7.43. The Balaban J connectivity index is 0.00000420. The maximum Gasteiger partial charge on any atom is 0.191 e. The second-order valence-corrected chi connectivity index (χ2v) is 7.82. The van der Waals surface area contributed by atoms with Crippen molar-refractivity contribution in [2.75, 3.05) is 59.4 Å². The maximum absolute atomic E-state index is 5.91. The summed E-state index contributed by atoms with van der Waals surface area (Å²) in [6.45, 7) is 12.4. The minimum Gasteiger partial charge on any atom is -0.489 e. The molecule has 166 valence electrons. The Kier molecular flexibility index (Phi) is 13.7. The average molecular weight is 538 g/mol. The number of benzene rings is 1. The van der Waals surface area contributed by atoms with Gasteiger partial charge in [-0.05, 0) is 64.5 Å². The first-order chi connectivity index (χ1) is 13.6. The highest BCUT2D eigenvalue weighted by Gasteiger charge is 2.12. The van der Waals surface area contributed by atoms with E-state index in [1.165, 1.54) is 39.1 Å². The molecular formula is C21H37ClIN5O. The summed E-state index contributed by atoms with van der Waals surface area (Å²) in [5.41, 5.74) is 0. The van der Waals surface area contributed by atoms with Crippen LogP contribution in [0.25, 0.3) is 0 Å². The number of unbranched alkanes of at least 4 members (excludes halogenated alkanes) is 1. The van der Waals surface area contributed by atoms with E-state index < -0.39 is 0 Å². The Bertz CT molecular complexity index is 579. The van der Waals surface area contributed by atoms with Crippen molar-refractivity contribution in [3.05, 3.63) is 29.3 Å². The number of ether oxygens (including phenoxy) is 1. The number of rotatable bonds is 10. The average Bonchev–Trinajstić information content (AvgIpc) is 2.69. The SMILES string of the molecule is CCNC(=NCC(C)Oc1ccc(Cl)cc1)NCCCCN1CCN(C)CC1.I. The van der Waals surface area contributed by atoms with Gasteiger partial charge in [0.25, 0.3) is 0 Å². The van der Waals surface area contributed by atoms with Crippen LogP contribution in [-0.2, 0) is 0 Å². The molecule has 0 saturated carbocycles. The molecule has 1 aromatic rings. The molecule has 0 amide bonds. The Morgan fingerprint density at radius 3 is 2.48 bits per heavy atom. The molecule has 0 aliphatic carbocycles. The van der Waals surface area contributed by atoms with Gasteiger partial charge in [0.05, 0.1) is 6.54 Å². The van der Waals surface area contributed by atoms with Gasteiger partial charge in [-0.3, -0.25) is 0 Å². The van der Waals surface area contributed by atoms with Gasteiger partial charge in [0.1, 0.15) is 11.9 Å². The van der Waals surface area contributed by atoms with E-state index >= 15 is 0 Å². The van der Waals surface area contributed by atoms with Crippen molar-refractivity contribution in [1.82, 2.24) is 20.4 Å². The van der Waals surface area contributed by atoms with Crippen molar-refractivity contribution in [3.8, 4) is 5.75 Å². The molecule has 1 fully saturated rings. The molecular weight excluding hydrogens is 501 g/mol. The highest BCUT2D eigenvalue weighted by atomic mass is 127. The molecule has 1 aliphatic rings. The van der Waals surface area contributed by atoms with Gasteiger partial charge in [0.15, 0.2) is 5.96 Å². The number of halogens is 2. The van der Waals surface area contributed by atoms with Crippen molar-refractivity contribution in [3.63, 3.8) is 0 Å². The van der Waals surface area contributed by atoms with Crippen LogP contribution in [0.15, 0.2) is 29.3 Å². The molecule has 1 aromatic carbocycles. The van der Waals surface area contributed by atoms with E-state index in [4.69, 9.17) is 16.3 Å². The minimum atomic E-state index is -0.00568. The van der Waals surface area contributed by atoms with Gasteiger partial charge in [-0.25, -0.2) is 4.99 Å². The second-order valence-electron chi connectivity index (χ2n) is 7.38. The van der Waals surface area contributed by atoms with Crippen molar-refractivity contribution in [2.45, 2.75) is 32.8 Å². The summed E-state index contributed by atoms with van der Waals surface area (Å²) in [6.07, 6.45) is 2.36. The van der Waals surface area contributed by atoms with Crippen molar-refractivity contribution < 1.29 is 4.74 Å². The molecule has 0 bridgehead atoms. The van der Waals surface area contributed by atoms with Crippen LogP contribution >= 0.6 is 35.6 Å². The molecule has 1 atom stereocenters. The smallest absolute Gasteiger partial charge is 0.191 e. The zero-order chi connectivity index (χ0) is 20.2. The van der Waals surface area contributed by atoms with Gasteiger partial charge < -0.3 is 25.2 Å². The van der Waals surface area contributed by atoms with E-state index in [2.05, 4.69) is 39.4 Å².